The van der Waals surface area contributed by atoms with Crippen LogP contribution in [0.1, 0.15) is 35.2 Å². The van der Waals surface area contributed by atoms with Crippen LogP contribution in [0.2, 0.25) is 5.02 Å². The molecular weight excluding hydrogens is 462 g/mol. The second-order valence-electron chi connectivity index (χ2n) is 8.21. The summed E-state index contributed by atoms with van der Waals surface area (Å²) in [5, 5.41) is 11.5. The molecule has 0 saturated carbocycles. The van der Waals surface area contributed by atoms with Crippen LogP contribution in [0.4, 0.5) is 11.9 Å². The number of carbonyl (C=O) groups excluding carboxylic acids is 1. The number of fused-ring (bicyclic) bond motifs is 1. The van der Waals surface area contributed by atoms with Gasteiger partial charge in [-0.25, -0.2) is 4.68 Å². The summed E-state index contributed by atoms with van der Waals surface area (Å²) < 4.78 is 7.15. The van der Waals surface area contributed by atoms with Gasteiger partial charge in [-0.05, 0) is 53.5 Å². The Kier molecular flexibility index (Phi) is 6.50. The Labute approximate surface area is 208 Å². The molecule has 0 saturated heterocycles. The highest BCUT2D eigenvalue weighted by Crippen LogP contribution is 2.38. The van der Waals surface area contributed by atoms with Gasteiger partial charge in [-0.2, -0.15) is 4.98 Å². The lowest BCUT2D eigenvalue weighted by molar-refractivity contribution is -0.111. The largest absolute Gasteiger partial charge is 0.497 e. The molecule has 1 aliphatic heterocycles. The second kappa shape index (κ2) is 10.0. The first kappa shape index (κ1) is 22.7. The average molecular weight is 486 g/mol. The maximum Gasteiger partial charge on any atom is 0.250 e. The molecule has 2 heterocycles. The first-order chi connectivity index (χ1) is 17.1. The minimum Gasteiger partial charge on any atom is -0.497 e. The van der Waals surface area contributed by atoms with Crippen LogP contribution in [0.5, 0.6) is 5.75 Å². The molecule has 4 aromatic rings. The van der Waals surface area contributed by atoms with Crippen LogP contribution in [0.15, 0.2) is 84.9 Å². The van der Waals surface area contributed by atoms with Crippen molar-refractivity contribution in [1.82, 2.24) is 14.8 Å². The molecule has 5 rings (SSSR count). The molecule has 1 aromatic heterocycles. The van der Waals surface area contributed by atoms with Crippen molar-refractivity contribution < 1.29 is 9.53 Å². The monoisotopic (exact) mass is 485 g/mol. The first-order valence-electron chi connectivity index (χ1n) is 11.3. The standard InChI is InChI=1S/C27H24ClN5O2/c1-35-22-14-10-20(11-15-22)24-17-23(19-5-3-2-4-6-19)29-27-31-26(32-33(24)27)30-25(34)16-9-18-7-12-21(28)13-8-18/h2-16,23-24H,17H2,1H3,(H2,29,30,31,32,34)/b16-9+/t23-,24+/m0/s1. The average Bonchev–Trinajstić information content (AvgIpc) is 3.30. The molecule has 0 unspecified atom stereocenters. The number of amides is 1. The molecule has 0 spiro atoms. The van der Waals surface area contributed by atoms with Gasteiger partial charge < -0.3 is 10.1 Å². The molecule has 8 heteroatoms. The highest BCUT2D eigenvalue weighted by atomic mass is 35.5. The van der Waals surface area contributed by atoms with E-state index in [0.717, 1.165) is 28.9 Å². The van der Waals surface area contributed by atoms with E-state index in [0.29, 0.717) is 11.0 Å². The summed E-state index contributed by atoms with van der Waals surface area (Å²) in [5.41, 5.74) is 3.12. The van der Waals surface area contributed by atoms with Crippen molar-refractivity contribution in [3.8, 4) is 5.75 Å². The predicted molar refractivity (Wildman–Crippen MR) is 138 cm³/mol. The van der Waals surface area contributed by atoms with Gasteiger partial charge in [0.05, 0.1) is 19.2 Å². The number of ether oxygens (including phenoxy) is 1. The first-order valence-corrected chi connectivity index (χ1v) is 11.6. The SMILES string of the molecule is COc1ccc([C@H]2C[C@@H](c3ccccc3)Nc3nc(NC(=O)/C=C/c4ccc(Cl)cc4)nn32)cc1. The molecule has 1 aliphatic rings. The van der Waals surface area contributed by atoms with Gasteiger partial charge in [0, 0.05) is 11.1 Å². The fourth-order valence-electron chi connectivity index (χ4n) is 4.14. The van der Waals surface area contributed by atoms with E-state index in [9.17, 15) is 4.79 Å². The van der Waals surface area contributed by atoms with Crippen LogP contribution >= 0.6 is 11.6 Å². The van der Waals surface area contributed by atoms with Gasteiger partial charge >= 0.3 is 0 Å². The van der Waals surface area contributed by atoms with E-state index in [1.54, 1.807) is 25.3 Å². The Morgan fingerprint density at radius 3 is 2.51 bits per heavy atom. The van der Waals surface area contributed by atoms with E-state index in [2.05, 4.69) is 32.8 Å². The lowest BCUT2D eigenvalue weighted by Crippen LogP contribution is -2.28. The smallest absolute Gasteiger partial charge is 0.250 e. The van der Waals surface area contributed by atoms with Crippen molar-refractivity contribution in [3.63, 3.8) is 0 Å². The number of hydrogen-bond acceptors (Lipinski definition) is 5. The van der Waals surface area contributed by atoms with Crippen molar-refractivity contribution in [2.24, 2.45) is 0 Å². The maximum absolute atomic E-state index is 12.5. The van der Waals surface area contributed by atoms with E-state index in [4.69, 9.17) is 16.3 Å². The minimum atomic E-state index is -0.316. The third-order valence-corrected chi connectivity index (χ3v) is 6.18. The number of carbonyl (C=O) groups is 1. The van der Waals surface area contributed by atoms with E-state index in [-0.39, 0.29) is 23.9 Å². The highest BCUT2D eigenvalue weighted by Gasteiger charge is 2.31. The van der Waals surface area contributed by atoms with Gasteiger partial charge in [0.15, 0.2) is 0 Å². The lowest BCUT2D eigenvalue weighted by atomic mass is 9.93. The molecule has 7 nitrogen and oxygen atoms in total. The third-order valence-electron chi connectivity index (χ3n) is 5.92. The van der Waals surface area contributed by atoms with Crippen LogP contribution in [0, 0.1) is 0 Å². The molecule has 0 aliphatic carbocycles. The summed E-state index contributed by atoms with van der Waals surface area (Å²) in [5.74, 6) is 1.32. The number of aromatic nitrogens is 3. The number of nitrogens with one attached hydrogen (secondary N) is 2. The van der Waals surface area contributed by atoms with E-state index in [1.165, 1.54) is 6.08 Å². The highest BCUT2D eigenvalue weighted by molar-refractivity contribution is 6.30. The summed E-state index contributed by atoms with van der Waals surface area (Å²) in [7, 11) is 1.65. The molecule has 0 fully saturated rings. The minimum absolute atomic E-state index is 0.0494. The number of hydrogen-bond donors (Lipinski definition) is 2. The molecule has 176 valence electrons. The fourth-order valence-corrected chi connectivity index (χ4v) is 4.26. The maximum atomic E-state index is 12.5. The Bertz CT molecular complexity index is 1330. The van der Waals surface area contributed by atoms with Gasteiger partial charge in [0.1, 0.15) is 5.75 Å². The number of rotatable bonds is 6. The van der Waals surface area contributed by atoms with Gasteiger partial charge in [-0.15, -0.1) is 5.10 Å². The number of anilines is 2. The second-order valence-corrected chi connectivity index (χ2v) is 8.65. The zero-order chi connectivity index (χ0) is 24.2. The van der Waals surface area contributed by atoms with Crippen LogP contribution in [-0.4, -0.2) is 27.8 Å². The Morgan fingerprint density at radius 1 is 1.06 bits per heavy atom. The van der Waals surface area contributed by atoms with Crippen molar-refractivity contribution in [3.05, 3.63) is 107 Å². The van der Waals surface area contributed by atoms with E-state index in [1.807, 2.05) is 59.3 Å². The fraction of sp³-hybridized carbons (Fsp3) is 0.148. The van der Waals surface area contributed by atoms with Gasteiger partial charge in [0.2, 0.25) is 5.95 Å². The lowest BCUT2D eigenvalue weighted by Gasteiger charge is -2.31. The molecule has 0 bridgehead atoms. The van der Waals surface area contributed by atoms with Crippen molar-refractivity contribution in [1.29, 1.82) is 0 Å². The Balaban J connectivity index is 1.40. The molecule has 0 radical (unpaired) electrons. The summed E-state index contributed by atoms with van der Waals surface area (Å²) in [6, 6.07) is 25.4. The van der Waals surface area contributed by atoms with Crippen LogP contribution in [-0.2, 0) is 4.79 Å². The molecule has 3 aromatic carbocycles. The predicted octanol–water partition coefficient (Wildman–Crippen LogP) is 5.74. The zero-order valence-electron chi connectivity index (χ0n) is 19.1. The Hall–Kier alpha value is -4.10. The molecule has 2 N–H and O–H groups in total. The van der Waals surface area contributed by atoms with Crippen LogP contribution in [0.25, 0.3) is 6.08 Å². The summed E-state index contributed by atoms with van der Waals surface area (Å²) in [6.45, 7) is 0. The van der Waals surface area contributed by atoms with Crippen LogP contribution in [0.3, 0.4) is 0 Å². The molecule has 1 amide bonds. The molecule has 2 atom stereocenters. The number of methoxy groups -OCH3 is 1. The van der Waals surface area contributed by atoms with Gasteiger partial charge in [0.25, 0.3) is 11.9 Å². The molecule has 35 heavy (non-hydrogen) atoms. The number of benzene rings is 3. The topological polar surface area (TPSA) is 81.1 Å². The zero-order valence-corrected chi connectivity index (χ0v) is 19.8. The Morgan fingerprint density at radius 2 is 1.80 bits per heavy atom. The number of halogens is 1. The van der Waals surface area contributed by atoms with Gasteiger partial charge in [-0.3, -0.25) is 10.1 Å². The van der Waals surface area contributed by atoms with Crippen molar-refractivity contribution in [2.45, 2.75) is 18.5 Å². The van der Waals surface area contributed by atoms with E-state index < -0.39 is 0 Å². The summed E-state index contributed by atoms with van der Waals surface area (Å²) in [4.78, 5) is 17.1. The van der Waals surface area contributed by atoms with Crippen molar-refractivity contribution >= 4 is 35.5 Å². The van der Waals surface area contributed by atoms with Gasteiger partial charge in [-0.1, -0.05) is 66.2 Å². The summed E-state index contributed by atoms with van der Waals surface area (Å²) >= 11 is 5.92. The third kappa shape index (κ3) is 5.20. The summed E-state index contributed by atoms with van der Waals surface area (Å²) in [6.07, 6.45) is 3.94. The van der Waals surface area contributed by atoms with E-state index >= 15 is 0 Å². The van der Waals surface area contributed by atoms with Crippen molar-refractivity contribution in [2.75, 3.05) is 17.7 Å². The molecular formula is C27H24ClN5O2. The van der Waals surface area contributed by atoms with Crippen LogP contribution < -0.4 is 15.4 Å². The normalized spacial score (nSPS) is 17.0. The number of nitrogens with zero attached hydrogens (tertiary/aromatic N) is 3. The quantitative estimate of drug-likeness (QED) is 0.340.